The second-order valence-electron chi connectivity index (χ2n) is 3.54. The Bertz CT molecular complexity index is 614. The fourth-order valence-electron chi connectivity index (χ4n) is 1.71. The van der Waals surface area contributed by atoms with E-state index >= 15 is 0 Å². The van der Waals surface area contributed by atoms with Gasteiger partial charge >= 0.3 is 0 Å². The van der Waals surface area contributed by atoms with Crippen LogP contribution in [-0.2, 0) is 4.79 Å². The van der Waals surface area contributed by atoms with E-state index in [1.54, 1.807) is 47.2 Å². The first-order valence-corrected chi connectivity index (χ1v) is 5.27. The monoisotopic (exact) mass is 242 g/mol. The number of carbonyl (C=O) groups excluding carboxylic acids is 1. The van der Waals surface area contributed by atoms with Gasteiger partial charge in [0.25, 0.3) is 5.69 Å². The second-order valence-corrected chi connectivity index (χ2v) is 3.54. The molecule has 0 radical (unpaired) electrons. The second kappa shape index (κ2) is 5.09. The maximum absolute atomic E-state index is 11.0. The number of aldehydes is 1. The molecule has 0 spiro atoms. The highest BCUT2D eigenvalue weighted by Gasteiger charge is 2.14. The average molecular weight is 242 g/mol. The lowest BCUT2D eigenvalue weighted by molar-refractivity contribution is -0.384. The molecule has 0 amide bonds. The molecule has 0 aliphatic heterocycles. The van der Waals surface area contributed by atoms with Crippen molar-refractivity contribution in [2.45, 2.75) is 0 Å². The lowest BCUT2D eigenvalue weighted by atomic mass is 10.2. The van der Waals surface area contributed by atoms with Gasteiger partial charge in [-0.1, -0.05) is 12.1 Å². The molecule has 0 aliphatic carbocycles. The molecule has 2 rings (SSSR count). The Morgan fingerprint density at radius 2 is 1.94 bits per heavy atom. The highest BCUT2D eigenvalue weighted by molar-refractivity contribution is 5.73. The Morgan fingerprint density at radius 3 is 2.67 bits per heavy atom. The van der Waals surface area contributed by atoms with Crippen molar-refractivity contribution in [2.75, 3.05) is 0 Å². The van der Waals surface area contributed by atoms with Crippen LogP contribution < -0.4 is 0 Å². The SMILES string of the molecule is O=C/C=C/c1cccn1-c1ccccc1[N+](=O)[O-]. The number of benzene rings is 1. The smallest absolute Gasteiger partial charge is 0.293 e. The van der Waals surface area contributed by atoms with Crippen LogP contribution >= 0.6 is 0 Å². The summed E-state index contributed by atoms with van der Waals surface area (Å²) in [5, 5.41) is 11.0. The Kier molecular flexibility index (Phi) is 3.33. The molecule has 0 bridgehead atoms. The number of hydrogen-bond acceptors (Lipinski definition) is 3. The molecule has 0 atom stereocenters. The number of aromatic nitrogens is 1. The molecule has 5 heteroatoms. The lowest BCUT2D eigenvalue weighted by Crippen LogP contribution is -2.00. The molecule has 0 N–H and O–H groups in total. The maximum Gasteiger partial charge on any atom is 0.293 e. The van der Waals surface area contributed by atoms with Crippen LogP contribution in [0.15, 0.2) is 48.7 Å². The number of para-hydroxylation sites is 2. The summed E-state index contributed by atoms with van der Waals surface area (Å²) in [6.07, 6.45) is 5.33. The minimum Gasteiger partial charge on any atom is -0.311 e. The third-order valence-electron chi connectivity index (χ3n) is 2.46. The predicted octanol–water partition coefficient (Wildman–Crippen LogP) is 2.60. The third-order valence-corrected chi connectivity index (χ3v) is 2.46. The topological polar surface area (TPSA) is 65.1 Å². The number of allylic oxidation sites excluding steroid dienone is 1. The molecule has 0 unspecified atom stereocenters. The Labute approximate surface area is 103 Å². The van der Waals surface area contributed by atoms with Gasteiger partial charge in [-0.2, -0.15) is 0 Å². The van der Waals surface area contributed by atoms with Gasteiger partial charge in [0.2, 0.25) is 0 Å². The van der Waals surface area contributed by atoms with Crippen LogP contribution in [0.25, 0.3) is 11.8 Å². The van der Waals surface area contributed by atoms with Crippen molar-refractivity contribution in [2.24, 2.45) is 0 Å². The van der Waals surface area contributed by atoms with Gasteiger partial charge in [-0.3, -0.25) is 14.9 Å². The summed E-state index contributed by atoms with van der Waals surface area (Å²) in [5.74, 6) is 0. The van der Waals surface area contributed by atoms with Crippen LogP contribution in [0.1, 0.15) is 5.69 Å². The summed E-state index contributed by atoms with van der Waals surface area (Å²) < 4.78 is 1.66. The van der Waals surface area contributed by atoms with Gasteiger partial charge in [-0.05, 0) is 30.4 Å². The van der Waals surface area contributed by atoms with E-state index in [0.717, 1.165) is 0 Å². The molecule has 0 aliphatic rings. The van der Waals surface area contributed by atoms with E-state index < -0.39 is 4.92 Å². The first kappa shape index (κ1) is 11.8. The average Bonchev–Trinajstić information content (AvgIpc) is 2.84. The minimum atomic E-state index is -0.428. The Morgan fingerprint density at radius 1 is 1.17 bits per heavy atom. The zero-order chi connectivity index (χ0) is 13.0. The molecular formula is C13H10N2O3. The van der Waals surface area contributed by atoms with Crippen LogP contribution in [-0.4, -0.2) is 15.8 Å². The van der Waals surface area contributed by atoms with Gasteiger partial charge in [0, 0.05) is 18.0 Å². The number of carbonyl (C=O) groups is 1. The van der Waals surface area contributed by atoms with Crippen LogP contribution in [0.2, 0.25) is 0 Å². The first-order chi connectivity index (χ1) is 8.74. The zero-order valence-corrected chi connectivity index (χ0v) is 9.39. The van der Waals surface area contributed by atoms with Gasteiger partial charge < -0.3 is 4.57 Å². The lowest BCUT2D eigenvalue weighted by Gasteiger charge is -2.06. The fraction of sp³-hybridized carbons (Fsp3) is 0. The number of hydrogen-bond donors (Lipinski definition) is 0. The fourth-order valence-corrected chi connectivity index (χ4v) is 1.71. The molecule has 0 fully saturated rings. The molecule has 0 saturated heterocycles. The maximum atomic E-state index is 11.0. The summed E-state index contributed by atoms with van der Waals surface area (Å²) in [6, 6.07) is 10.00. The van der Waals surface area contributed by atoms with Crippen LogP contribution in [0.3, 0.4) is 0 Å². The van der Waals surface area contributed by atoms with Crippen molar-refractivity contribution in [1.82, 2.24) is 4.57 Å². The van der Waals surface area contributed by atoms with Crippen LogP contribution in [0.4, 0.5) is 5.69 Å². The normalized spacial score (nSPS) is 10.7. The van der Waals surface area contributed by atoms with Crippen molar-refractivity contribution in [3.63, 3.8) is 0 Å². The summed E-state index contributed by atoms with van der Waals surface area (Å²) >= 11 is 0. The van der Waals surface area contributed by atoms with E-state index in [-0.39, 0.29) is 5.69 Å². The predicted molar refractivity (Wildman–Crippen MR) is 67.5 cm³/mol. The van der Waals surface area contributed by atoms with E-state index in [4.69, 9.17) is 0 Å². The molecular weight excluding hydrogens is 232 g/mol. The number of nitrogens with zero attached hydrogens (tertiary/aromatic N) is 2. The van der Waals surface area contributed by atoms with Gasteiger partial charge in [-0.15, -0.1) is 0 Å². The van der Waals surface area contributed by atoms with E-state index in [1.807, 2.05) is 0 Å². The van der Waals surface area contributed by atoms with Crippen LogP contribution in [0, 0.1) is 10.1 Å². The van der Waals surface area contributed by atoms with Gasteiger partial charge in [0.05, 0.1) is 4.92 Å². The highest BCUT2D eigenvalue weighted by Crippen LogP contribution is 2.24. The minimum absolute atomic E-state index is 0.0226. The van der Waals surface area contributed by atoms with E-state index in [0.29, 0.717) is 17.7 Å². The van der Waals surface area contributed by atoms with Crippen molar-refractivity contribution in [1.29, 1.82) is 0 Å². The van der Waals surface area contributed by atoms with E-state index in [1.165, 1.54) is 12.1 Å². The third kappa shape index (κ3) is 2.20. The zero-order valence-electron chi connectivity index (χ0n) is 9.39. The molecule has 1 aromatic heterocycles. The molecule has 18 heavy (non-hydrogen) atoms. The van der Waals surface area contributed by atoms with Gasteiger partial charge in [0.1, 0.15) is 12.0 Å². The van der Waals surface area contributed by atoms with Gasteiger partial charge in [0.15, 0.2) is 0 Å². The van der Waals surface area contributed by atoms with E-state index in [2.05, 4.69) is 0 Å². The summed E-state index contributed by atoms with van der Waals surface area (Å²) in [4.78, 5) is 20.9. The number of nitro groups is 1. The highest BCUT2D eigenvalue weighted by atomic mass is 16.6. The first-order valence-electron chi connectivity index (χ1n) is 5.27. The van der Waals surface area contributed by atoms with Gasteiger partial charge in [-0.25, -0.2) is 0 Å². The van der Waals surface area contributed by atoms with Crippen molar-refractivity contribution in [3.8, 4) is 5.69 Å². The van der Waals surface area contributed by atoms with E-state index in [9.17, 15) is 14.9 Å². The summed E-state index contributed by atoms with van der Waals surface area (Å²) in [5.41, 5.74) is 1.20. The molecule has 5 nitrogen and oxygen atoms in total. The Hall–Kier alpha value is -2.69. The van der Waals surface area contributed by atoms with Crippen LogP contribution in [0.5, 0.6) is 0 Å². The molecule has 2 aromatic rings. The number of rotatable bonds is 4. The summed E-state index contributed by atoms with van der Waals surface area (Å²) in [7, 11) is 0. The Balaban J connectivity index is 2.56. The van der Waals surface area contributed by atoms with Crippen molar-refractivity contribution >= 4 is 18.0 Å². The standard InChI is InChI=1S/C13H10N2O3/c16-10-4-6-11-5-3-9-14(11)12-7-1-2-8-13(12)15(17)18/h1-10H/b6-4+. The van der Waals surface area contributed by atoms with Crippen molar-refractivity contribution in [3.05, 3.63) is 64.5 Å². The largest absolute Gasteiger partial charge is 0.311 e. The quantitative estimate of drug-likeness (QED) is 0.358. The molecule has 90 valence electrons. The molecule has 0 saturated carbocycles. The summed E-state index contributed by atoms with van der Waals surface area (Å²) in [6.45, 7) is 0. The molecule has 1 heterocycles. The number of nitro benzene ring substituents is 1. The van der Waals surface area contributed by atoms with Crippen molar-refractivity contribution < 1.29 is 9.72 Å². The molecule has 1 aromatic carbocycles.